The average Bonchev–Trinajstić information content (AvgIpc) is 3.05. The third-order valence-electron chi connectivity index (χ3n) is 4.75. The molecule has 2 aliphatic heterocycles. The third kappa shape index (κ3) is 2.34. The van der Waals surface area contributed by atoms with Crippen LogP contribution >= 0.6 is 0 Å². The first-order valence-electron chi connectivity index (χ1n) is 7.73. The number of rotatable bonds is 3. The van der Waals surface area contributed by atoms with E-state index in [2.05, 4.69) is 13.8 Å². The highest BCUT2D eigenvalue weighted by Crippen LogP contribution is 2.34. The van der Waals surface area contributed by atoms with Crippen LogP contribution in [0.2, 0.25) is 0 Å². The Kier molecular flexibility index (Phi) is 3.77. The van der Waals surface area contributed by atoms with Crippen molar-refractivity contribution in [2.45, 2.75) is 44.0 Å². The summed E-state index contributed by atoms with van der Waals surface area (Å²) in [4.78, 5) is 13.6. The number of hydrogen-bond acceptors (Lipinski definition) is 3. The maximum absolute atomic E-state index is 12.9. The van der Waals surface area contributed by atoms with Crippen molar-refractivity contribution in [2.24, 2.45) is 5.92 Å². The second-order valence-electron chi connectivity index (χ2n) is 6.49. The lowest BCUT2D eigenvalue weighted by atomic mass is 10.0. The highest BCUT2D eigenvalue weighted by Gasteiger charge is 2.37. The number of nitrogens with zero attached hydrogens (tertiary/aromatic N) is 2. The van der Waals surface area contributed by atoms with E-state index in [9.17, 15) is 13.2 Å². The second kappa shape index (κ2) is 5.35. The lowest BCUT2D eigenvalue weighted by Gasteiger charge is -2.27. The first-order chi connectivity index (χ1) is 10.3. The van der Waals surface area contributed by atoms with Gasteiger partial charge in [0.2, 0.25) is 15.9 Å². The van der Waals surface area contributed by atoms with Gasteiger partial charge in [-0.2, -0.15) is 4.31 Å². The van der Waals surface area contributed by atoms with Gasteiger partial charge in [-0.05, 0) is 42.5 Å². The standard InChI is InChI=1S/C16H22N2O3S/c1-11(2)14-5-4-8-18(14)22(20,21)13-6-7-15-12(9-13)10-16(19)17(15)3/h6-7,9,11,14H,4-5,8,10H2,1-3H3. The van der Waals surface area contributed by atoms with Crippen LogP contribution in [0.15, 0.2) is 23.1 Å². The molecule has 0 aliphatic carbocycles. The van der Waals surface area contributed by atoms with Crippen molar-refractivity contribution in [3.8, 4) is 0 Å². The molecule has 1 amide bonds. The molecule has 2 heterocycles. The van der Waals surface area contributed by atoms with Crippen molar-refractivity contribution in [3.63, 3.8) is 0 Å². The molecule has 3 rings (SSSR count). The van der Waals surface area contributed by atoms with E-state index < -0.39 is 10.0 Å². The largest absolute Gasteiger partial charge is 0.315 e. The Morgan fingerprint density at radius 1 is 1.27 bits per heavy atom. The zero-order valence-electron chi connectivity index (χ0n) is 13.2. The first kappa shape index (κ1) is 15.5. The molecule has 1 aromatic rings. The van der Waals surface area contributed by atoms with E-state index >= 15 is 0 Å². The van der Waals surface area contributed by atoms with Gasteiger partial charge >= 0.3 is 0 Å². The van der Waals surface area contributed by atoms with E-state index in [1.165, 1.54) is 0 Å². The number of benzene rings is 1. The molecule has 1 unspecified atom stereocenters. The van der Waals surface area contributed by atoms with Gasteiger partial charge in [0.1, 0.15) is 0 Å². The van der Waals surface area contributed by atoms with Crippen LogP contribution in [0.25, 0.3) is 0 Å². The number of carbonyl (C=O) groups excluding carboxylic acids is 1. The molecular formula is C16H22N2O3S. The normalized spacial score (nSPS) is 22.6. The average molecular weight is 322 g/mol. The summed E-state index contributed by atoms with van der Waals surface area (Å²) >= 11 is 0. The lowest BCUT2D eigenvalue weighted by molar-refractivity contribution is -0.117. The molecule has 2 aliphatic rings. The van der Waals surface area contributed by atoms with E-state index in [1.54, 1.807) is 34.5 Å². The van der Waals surface area contributed by atoms with Crippen molar-refractivity contribution >= 4 is 21.6 Å². The molecule has 1 aromatic carbocycles. The van der Waals surface area contributed by atoms with Gasteiger partial charge in [0.05, 0.1) is 11.3 Å². The molecular weight excluding hydrogens is 300 g/mol. The van der Waals surface area contributed by atoms with Gasteiger partial charge in [0.25, 0.3) is 0 Å². The van der Waals surface area contributed by atoms with Crippen LogP contribution in [0.5, 0.6) is 0 Å². The molecule has 22 heavy (non-hydrogen) atoms. The van der Waals surface area contributed by atoms with Crippen molar-refractivity contribution in [3.05, 3.63) is 23.8 Å². The number of anilines is 1. The highest BCUT2D eigenvalue weighted by molar-refractivity contribution is 7.89. The molecule has 0 spiro atoms. The highest BCUT2D eigenvalue weighted by atomic mass is 32.2. The fraction of sp³-hybridized carbons (Fsp3) is 0.562. The summed E-state index contributed by atoms with van der Waals surface area (Å²) < 4.78 is 27.5. The Bertz CT molecular complexity index is 712. The Hall–Kier alpha value is -1.40. The van der Waals surface area contributed by atoms with Crippen LogP contribution in [-0.4, -0.2) is 38.3 Å². The lowest BCUT2D eigenvalue weighted by Crippen LogP contribution is -2.38. The number of hydrogen-bond donors (Lipinski definition) is 0. The maximum Gasteiger partial charge on any atom is 0.243 e. The van der Waals surface area contributed by atoms with Gasteiger partial charge in [-0.15, -0.1) is 0 Å². The number of amides is 1. The minimum atomic E-state index is -3.49. The van der Waals surface area contributed by atoms with E-state index in [4.69, 9.17) is 0 Å². The van der Waals surface area contributed by atoms with Crippen molar-refractivity contribution in [1.82, 2.24) is 4.31 Å². The van der Waals surface area contributed by atoms with Gasteiger partial charge < -0.3 is 4.90 Å². The summed E-state index contributed by atoms with van der Waals surface area (Å²) in [6, 6.07) is 5.11. The minimum Gasteiger partial charge on any atom is -0.315 e. The monoisotopic (exact) mass is 322 g/mol. The summed E-state index contributed by atoms with van der Waals surface area (Å²) in [5, 5.41) is 0. The zero-order valence-corrected chi connectivity index (χ0v) is 14.1. The molecule has 120 valence electrons. The van der Waals surface area contributed by atoms with Crippen LogP contribution in [-0.2, 0) is 21.2 Å². The second-order valence-corrected chi connectivity index (χ2v) is 8.38. The summed E-state index contributed by atoms with van der Waals surface area (Å²) in [6.07, 6.45) is 2.11. The number of likely N-dealkylation sites (N-methyl/N-ethyl adjacent to an activating group) is 1. The van der Waals surface area contributed by atoms with Crippen molar-refractivity contribution < 1.29 is 13.2 Å². The van der Waals surface area contributed by atoms with Crippen LogP contribution in [0, 0.1) is 5.92 Å². The Morgan fingerprint density at radius 2 is 2.00 bits per heavy atom. The number of sulfonamides is 1. The van der Waals surface area contributed by atoms with E-state index in [-0.39, 0.29) is 18.4 Å². The Labute approximate surface area is 132 Å². The van der Waals surface area contributed by atoms with Gasteiger partial charge in [-0.25, -0.2) is 8.42 Å². The van der Waals surface area contributed by atoms with Crippen molar-refractivity contribution in [1.29, 1.82) is 0 Å². The summed E-state index contributed by atoms with van der Waals surface area (Å²) in [6.45, 7) is 4.71. The zero-order chi connectivity index (χ0) is 16.1. The fourth-order valence-corrected chi connectivity index (χ4v) is 5.35. The quantitative estimate of drug-likeness (QED) is 0.855. The molecule has 0 saturated carbocycles. The Morgan fingerprint density at radius 3 is 2.68 bits per heavy atom. The number of fused-ring (bicyclic) bond motifs is 1. The predicted molar refractivity (Wildman–Crippen MR) is 85.3 cm³/mol. The summed E-state index contributed by atoms with van der Waals surface area (Å²) in [7, 11) is -1.77. The molecule has 6 heteroatoms. The molecule has 0 radical (unpaired) electrons. The van der Waals surface area contributed by atoms with E-state index in [0.29, 0.717) is 17.4 Å². The molecule has 0 N–H and O–H groups in total. The molecule has 0 aromatic heterocycles. The maximum atomic E-state index is 12.9. The Balaban J connectivity index is 1.97. The van der Waals surface area contributed by atoms with E-state index in [1.807, 2.05) is 0 Å². The van der Waals surface area contributed by atoms with Crippen LogP contribution in [0.4, 0.5) is 5.69 Å². The van der Waals surface area contributed by atoms with Gasteiger partial charge in [-0.1, -0.05) is 13.8 Å². The molecule has 5 nitrogen and oxygen atoms in total. The molecule has 0 bridgehead atoms. The smallest absolute Gasteiger partial charge is 0.243 e. The van der Waals surface area contributed by atoms with Gasteiger partial charge in [0.15, 0.2) is 0 Å². The summed E-state index contributed by atoms with van der Waals surface area (Å²) in [5.41, 5.74) is 1.61. The molecule has 1 fully saturated rings. The summed E-state index contributed by atoms with van der Waals surface area (Å²) in [5.74, 6) is 0.310. The molecule has 1 saturated heterocycles. The molecule has 1 atom stereocenters. The van der Waals surface area contributed by atoms with Crippen LogP contribution in [0.3, 0.4) is 0 Å². The van der Waals surface area contributed by atoms with Gasteiger partial charge in [0, 0.05) is 25.3 Å². The van der Waals surface area contributed by atoms with Crippen LogP contribution < -0.4 is 4.90 Å². The minimum absolute atomic E-state index is 0.00535. The van der Waals surface area contributed by atoms with E-state index in [0.717, 1.165) is 24.1 Å². The first-order valence-corrected chi connectivity index (χ1v) is 9.17. The van der Waals surface area contributed by atoms with Gasteiger partial charge in [-0.3, -0.25) is 4.79 Å². The topological polar surface area (TPSA) is 57.7 Å². The fourth-order valence-electron chi connectivity index (χ4n) is 3.47. The van der Waals surface area contributed by atoms with Crippen LogP contribution in [0.1, 0.15) is 32.3 Å². The predicted octanol–water partition coefficient (Wildman–Crippen LogP) is 2.01. The van der Waals surface area contributed by atoms with Crippen molar-refractivity contribution in [2.75, 3.05) is 18.5 Å². The number of carbonyl (C=O) groups is 1. The third-order valence-corrected chi connectivity index (χ3v) is 6.67. The SMILES string of the molecule is CC(C)C1CCCN1S(=O)(=O)c1ccc2c(c1)CC(=O)N2C.